The first-order valence-corrected chi connectivity index (χ1v) is 10.4. The molecule has 1 spiro atoms. The van der Waals surface area contributed by atoms with Crippen molar-refractivity contribution in [1.29, 1.82) is 0 Å². The van der Waals surface area contributed by atoms with Gasteiger partial charge in [-0.1, -0.05) is 30.3 Å². The zero-order valence-corrected chi connectivity index (χ0v) is 16.0. The van der Waals surface area contributed by atoms with Gasteiger partial charge in [0.25, 0.3) is 5.91 Å². The third kappa shape index (κ3) is 4.18. The van der Waals surface area contributed by atoms with E-state index >= 15 is 0 Å². The van der Waals surface area contributed by atoms with Crippen LogP contribution in [0.4, 0.5) is 0 Å². The fourth-order valence-electron chi connectivity index (χ4n) is 4.69. The highest BCUT2D eigenvalue weighted by molar-refractivity contribution is 5.83. The Balaban J connectivity index is 1.17. The molecule has 2 amide bonds. The van der Waals surface area contributed by atoms with Gasteiger partial charge in [-0.15, -0.1) is 0 Å². The molecule has 3 fully saturated rings. The molecule has 2 saturated heterocycles. The van der Waals surface area contributed by atoms with E-state index in [9.17, 15) is 9.59 Å². The van der Waals surface area contributed by atoms with Gasteiger partial charge in [-0.2, -0.15) is 0 Å². The van der Waals surface area contributed by atoms with Gasteiger partial charge in [0.15, 0.2) is 0 Å². The van der Waals surface area contributed by atoms with Gasteiger partial charge in [0.1, 0.15) is 6.10 Å². The summed E-state index contributed by atoms with van der Waals surface area (Å²) < 4.78 is 5.53. The maximum Gasteiger partial charge on any atom is 0.251 e. The second-order valence-electron chi connectivity index (χ2n) is 8.33. The molecular formula is C22H30N2O3. The fraction of sp³-hybridized carbons (Fsp3) is 0.636. The van der Waals surface area contributed by atoms with Crippen molar-refractivity contribution in [3.63, 3.8) is 0 Å². The number of likely N-dealkylation sites (tertiary alicyclic amines) is 1. The minimum atomic E-state index is -0.220. The van der Waals surface area contributed by atoms with Crippen LogP contribution in [-0.4, -0.2) is 49.1 Å². The van der Waals surface area contributed by atoms with E-state index in [0.29, 0.717) is 6.61 Å². The summed E-state index contributed by atoms with van der Waals surface area (Å²) in [4.78, 5) is 26.9. The number of carbonyl (C=O) groups excluding carboxylic acids is 2. The van der Waals surface area contributed by atoms with Crippen LogP contribution in [0.5, 0.6) is 0 Å². The number of hydrogen-bond donors (Lipinski definition) is 1. The zero-order chi connectivity index (χ0) is 18.7. The molecule has 2 atom stereocenters. The Kier molecular flexibility index (Phi) is 5.48. The standard InChI is InChI=1S/C22H30N2O3/c25-20(23-12-4-8-17-6-2-1-3-7-17)18-16-22(18)10-13-24(14-11-22)21(26)19-9-5-15-27-19/h1-3,6-7,18-19H,4-5,8-16H2,(H,23,25)/t18-,19+/m0/s1. The van der Waals surface area contributed by atoms with Gasteiger partial charge >= 0.3 is 0 Å². The second-order valence-corrected chi connectivity index (χ2v) is 8.33. The molecule has 2 aliphatic heterocycles. The first-order valence-electron chi connectivity index (χ1n) is 10.4. The Labute approximate surface area is 161 Å². The molecular weight excluding hydrogens is 340 g/mol. The molecule has 0 radical (unpaired) electrons. The first kappa shape index (κ1) is 18.5. The number of nitrogens with zero attached hydrogens (tertiary/aromatic N) is 1. The Morgan fingerprint density at radius 1 is 1.19 bits per heavy atom. The summed E-state index contributed by atoms with van der Waals surface area (Å²) in [5.41, 5.74) is 1.47. The summed E-state index contributed by atoms with van der Waals surface area (Å²) in [6.45, 7) is 3.00. The van der Waals surface area contributed by atoms with Crippen molar-refractivity contribution in [2.75, 3.05) is 26.2 Å². The number of nitrogens with one attached hydrogen (secondary N) is 1. The van der Waals surface area contributed by atoms with E-state index in [1.54, 1.807) is 0 Å². The maximum atomic E-state index is 12.5. The lowest BCUT2D eigenvalue weighted by Crippen LogP contribution is -2.45. The summed E-state index contributed by atoms with van der Waals surface area (Å²) in [5, 5.41) is 3.13. The van der Waals surface area contributed by atoms with Gasteiger partial charge in [-0.05, 0) is 55.9 Å². The fourth-order valence-corrected chi connectivity index (χ4v) is 4.69. The number of piperidine rings is 1. The predicted octanol–water partition coefficient (Wildman–Crippen LogP) is 2.54. The lowest BCUT2D eigenvalue weighted by Gasteiger charge is -2.34. The molecule has 0 aromatic heterocycles. The highest BCUT2D eigenvalue weighted by atomic mass is 16.5. The molecule has 0 unspecified atom stereocenters. The number of benzene rings is 1. The number of carbonyl (C=O) groups is 2. The number of rotatable bonds is 6. The van der Waals surface area contributed by atoms with Crippen LogP contribution in [0.3, 0.4) is 0 Å². The summed E-state index contributed by atoms with van der Waals surface area (Å²) in [7, 11) is 0. The minimum Gasteiger partial charge on any atom is -0.368 e. The largest absolute Gasteiger partial charge is 0.368 e. The Morgan fingerprint density at radius 3 is 2.67 bits per heavy atom. The van der Waals surface area contributed by atoms with Crippen molar-refractivity contribution >= 4 is 11.8 Å². The molecule has 1 aliphatic carbocycles. The summed E-state index contributed by atoms with van der Waals surface area (Å²) in [5.74, 6) is 0.515. The number of hydrogen-bond acceptors (Lipinski definition) is 3. The van der Waals surface area contributed by atoms with E-state index in [1.165, 1.54) is 5.56 Å². The van der Waals surface area contributed by atoms with Crippen LogP contribution in [0, 0.1) is 11.3 Å². The molecule has 0 bridgehead atoms. The molecule has 4 rings (SSSR count). The summed E-state index contributed by atoms with van der Waals surface area (Å²) in [6.07, 6.45) is 6.48. The van der Waals surface area contributed by atoms with Gasteiger partial charge in [-0.3, -0.25) is 9.59 Å². The van der Waals surface area contributed by atoms with Crippen molar-refractivity contribution in [1.82, 2.24) is 10.2 Å². The maximum absolute atomic E-state index is 12.5. The van der Waals surface area contributed by atoms with Crippen molar-refractivity contribution < 1.29 is 14.3 Å². The van der Waals surface area contributed by atoms with Crippen LogP contribution in [0.1, 0.15) is 44.1 Å². The van der Waals surface area contributed by atoms with E-state index in [0.717, 1.165) is 64.6 Å². The predicted molar refractivity (Wildman–Crippen MR) is 103 cm³/mol. The highest BCUT2D eigenvalue weighted by Gasteiger charge is 2.58. The normalized spacial score (nSPS) is 26.1. The monoisotopic (exact) mass is 370 g/mol. The average molecular weight is 370 g/mol. The van der Waals surface area contributed by atoms with Gasteiger partial charge in [0.05, 0.1) is 0 Å². The Bertz CT molecular complexity index is 661. The highest BCUT2D eigenvalue weighted by Crippen LogP contribution is 2.59. The third-order valence-electron chi connectivity index (χ3n) is 6.57. The van der Waals surface area contributed by atoms with Crippen LogP contribution >= 0.6 is 0 Å². The lowest BCUT2D eigenvalue weighted by molar-refractivity contribution is -0.142. The van der Waals surface area contributed by atoms with E-state index in [2.05, 4.69) is 29.6 Å². The van der Waals surface area contributed by atoms with Crippen molar-refractivity contribution in [2.45, 2.75) is 51.0 Å². The van der Waals surface area contributed by atoms with Crippen molar-refractivity contribution in [3.05, 3.63) is 35.9 Å². The van der Waals surface area contributed by atoms with Gasteiger partial charge in [-0.25, -0.2) is 0 Å². The molecule has 1 saturated carbocycles. The quantitative estimate of drug-likeness (QED) is 0.783. The molecule has 3 aliphatic rings. The smallest absolute Gasteiger partial charge is 0.251 e. The summed E-state index contributed by atoms with van der Waals surface area (Å²) >= 11 is 0. The average Bonchev–Trinajstić information content (AvgIpc) is 3.14. The first-order chi connectivity index (χ1) is 13.2. The molecule has 27 heavy (non-hydrogen) atoms. The van der Waals surface area contributed by atoms with E-state index in [1.807, 2.05) is 11.0 Å². The van der Waals surface area contributed by atoms with Crippen LogP contribution in [0.15, 0.2) is 30.3 Å². The van der Waals surface area contributed by atoms with Gasteiger partial charge in [0.2, 0.25) is 5.91 Å². The van der Waals surface area contributed by atoms with Crippen LogP contribution in [0.25, 0.3) is 0 Å². The number of aryl methyl sites for hydroxylation is 1. The second kappa shape index (κ2) is 8.01. The molecule has 1 aromatic rings. The van der Waals surface area contributed by atoms with E-state index in [4.69, 9.17) is 4.74 Å². The van der Waals surface area contributed by atoms with Crippen molar-refractivity contribution in [3.8, 4) is 0 Å². The topological polar surface area (TPSA) is 58.6 Å². The van der Waals surface area contributed by atoms with Crippen LogP contribution in [-0.2, 0) is 20.7 Å². The number of amides is 2. The minimum absolute atomic E-state index is 0.147. The SMILES string of the molecule is O=C(NCCCc1ccccc1)[C@@H]1CC12CCN(C(=O)[C@H]1CCCO1)CC2. The lowest BCUT2D eigenvalue weighted by atomic mass is 9.90. The van der Waals surface area contributed by atoms with Crippen molar-refractivity contribution in [2.24, 2.45) is 11.3 Å². The van der Waals surface area contributed by atoms with Gasteiger partial charge < -0.3 is 15.0 Å². The van der Waals surface area contributed by atoms with E-state index < -0.39 is 0 Å². The zero-order valence-electron chi connectivity index (χ0n) is 16.0. The van der Waals surface area contributed by atoms with E-state index in [-0.39, 0.29) is 29.3 Å². The molecule has 2 heterocycles. The molecule has 5 heteroatoms. The molecule has 1 N–H and O–H groups in total. The number of ether oxygens (including phenoxy) is 1. The van der Waals surface area contributed by atoms with Crippen LogP contribution < -0.4 is 5.32 Å². The molecule has 146 valence electrons. The van der Waals surface area contributed by atoms with Gasteiger partial charge in [0, 0.05) is 32.2 Å². The molecule has 5 nitrogen and oxygen atoms in total. The summed E-state index contributed by atoms with van der Waals surface area (Å²) in [6, 6.07) is 10.4. The van der Waals surface area contributed by atoms with Crippen LogP contribution in [0.2, 0.25) is 0 Å². The third-order valence-corrected chi connectivity index (χ3v) is 6.57. The molecule has 1 aromatic carbocycles. The Hall–Kier alpha value is -1.88. The Morgan fingerprint density at radius 2 is 1.96 bits per heavy atom.